The molecule has 0 aromatic carbocycles. The number of nitrogens with zero attached hydrogens (tertiary/aromatic N) is 3. The molecule has 0 unspecified atom stereocenters. The number of piperidine rings is 1. The lowest BCUT2D eigenvalue weighted by Gasteiger charge is -2.44. The van der Waals surface area contributed by atoms with E-state index in [0.29, 0.717) is 25.8 Å². The summed E-state index contributed by atoms with van der Waals surface area (Å²) < 4.78 is 5.44. The van der Waals surface area contributed by atoms with Crippen molar-refractivity contribution in [3.63, 3.8) is 0 Å². The SMILES string of the molecule is CCCCN1C(=O)C(=C(N)N)C(=O)N([C@@H]2CCN(C(=O)OC(C)(C)C)[C@H](C)C2)C1=O. The molecule has 5 amide bonds. The number of likely N-dealkylation sites (tertiary alicyclic amines) is 1. The van der Waals surface area contributed by atoms with Crippen LogP contribution in [0.1, 0.15) is 60.3 Å². The van der Waals surface area contributed by atoms with Crippen LogP contribution in [0.15, 0.2) is 11.4 Å². The Kier molecular flexibility index (Phi) is 6.99. The van der Waals surface area contributed by atoms with Gasteiger partial charge in [-0.25, -0.2) is 9.59 Å². The number of nitrogens with two attached hydrogens (primary N) is 2. The smallest absolute Gasteiger partial charge is 0.410 e. The van der Waals surface area contributed by atoms with E-state index in [-0.39, 0.29) is 18.2 Å². The van der Waals surface area contributed by atoms with Gasteiger partial charge in [0.25, 0.3) is 11.8 Å². The van der Waals surface area contributed by atoms with Crippen molar-refractivity contribution < 1.29 is 23.9 Å². The molecule has 0 aromatic heterocycles. The van der Waals surface area contributed by atoms with Gasteiger partial charge >= 0.3 is 12.1 Å². The Bertz CT molecular complexity index is 753. The van der Waals surface area contributed by atoms with Crippen LogP contribution in [0.2, 0.25) is 0 Å². The maximum absolute atomic E-state index is 13.0. The van der Waals surface area contributed by atoms with Gasteiger partial charge in [-0.2, -0.15) is 0 Å². The van der Waals surface area contributed by atoms with Gasteiger partial charge in [0.05, 0.1) is 0 Å². The Hall–Kier alpha value is -2.78. The van der Waals surface area contributed by atoms with Crippen molar-refractivity contribution in [3.8, 4) is 0 Å². The molecule has 2 aliphatic heterocycles. The van der Waals surface area contributed by atoms with Crippen LogP contribution in [0.3, 0.4) is 0 Å². The fraction of sp³-hybridized carbons (Fsp3) is 0.700. The first-order valence-corrected chi connectivity index (χ1v) is 10.3. The van der Waals surface area contributed by atoms with Gasteiger partial charge in [-0.3, -0.25) is 19.4 Å². The molecule has 0 aromatic rings. The minimum Gasteiger partial charge on any atom is -0.444 e. The van der Waals surface area contributed by atoms with Crippen molar-refractivity contribution >= 4 is 23.9 Å². The third kappa shape index (κ3) is 4.85. The number of ether oxygens (including phenoxy) is 1. The molecule has 10 nitrogen and oxygen atoms in total. The van der Waals surface area contributed by atoms with E-state index in [4.69, 9.17) is 16.2 Å². The zero-order chi connectivity index (χ0) is 22.8. The van der Waals surface area contributed by atoms with Gasteiger partial charge < -0.3 is 21.1 Å². The molecule has 0 saturated carbocycles. The summed E-state index contributed by atoms with van der Waals surface area (Å²) in [6.45, 7) is 9.65. The van der Waals surface area contributed by atoms with E-state index < -0.39 is 41.4 Å². The molecule has 2 heterocycles. The second-order valence-electron chi connectivity index (χ2n) is 8.80. The van der Waals surface area contributed by atoms with Crippen molar-refractivity contribution in [1.29, 1.82) is 0 Å². The Morgan fingerprint density at radius 1 is 1.17 bits per heavy atom. The zero-order valence-corrected chi connectivity index (χ0v) is 18.4. The molecule has 168 valence electrons. The molecule has 2 rings (SSSR count). The summed E-state index contributed by atoms with van der Waals surface area (Å²) in [5, 5.41) is 0. The number of hydrogen-bond donors (Lipinski definition) is 2. The summed E-state index contributed by atoms with van der Waals surface area (Å²) in [5.74, 6) is -1.93. The Morgan fingerprint density at radius 3 is 2.30 bits per heavy atom. The van der Waals surface area contributed by atoms with E-state index in [1.165, 1.54) is 0 Å². The van der Waals surface area contributed by atoms with Crippen molar-refractivity contribution in [3.05, 3.63) is 11.4 Å². The molecule has 30 heavy (non-hydrogen) atoms. The van der Waals surface area contributed by atoms with Crippen LogP contribution in [0.4, 0.5) is 9.59 Å². The number of amides is 5. The molecular weight excluding hydrogens is 390 g/mol. The van der Waals surface area contributed by atoms with Crippen molar-refractivity contribution in [2.45, 2.75) is 78.0 Å². The fourth-order valence-electron chi connectivity index (χ4n) is 3.71. The van der Waals surface area contributed by atoms with Crippen molar-refractivity contribution in [1.82, 2.24) is 14.7 Å². The third-order valence-corrected chi connectivity index (χ3v) is 5.19. The van der Waals surface area contributed by atoms with E-state index in [0.717, 1.165) is 16.2 Å². The normalized spacial score (nSPS) is 23.2. The lowest BCUT2D eigenvalue weighted by molar-refractivity contribution is -0.138. The molecule has 0 aliphatic carbocycles. The van der Waals surface area contributed by atoms with Gasteiger partial charge in [-0.1, -0.05) is 13.3 Å². The summed E-state index contributed by atoms with van der Waals surface area (Å²) in [6, 6.07) is -1.40. The molecule has 0 radical (unpaired) electrons. The van der Waals surface area contributed by atoms with E-state index in [9.17, 15) is 19.2 Å². The first-order valence-electron chi connectivity index (χ1n) is 10.3. The summed E-state index contributed by atoms with van der Waals surface area (Å²) in [4.78, 5) is 54.8. The lowest BCUT2D eigenvalue weighted by Crippen LogP contribution is -2.63. The highest BCUT2D eigenvalue weighted by atomic mass is 16.6. The van der Waals surface area contributed by atoms with E-state index in [2.05, 4.69) is 0 Å². The molecule has 2 aliphatic rings. The van der Waals surface area contributed by atoms with Crippen molar-refractivity contribution in [2.24, 2.45) is 11.5 Å². The number of hydrogen-bond acceptors (Lipinski definition) is 7. The second kappa shape index (κ2) is 8.93. The number of carbonyl (C=O) groups excluding carboxylic acids is 4. The Labute approximate surface area is 177 Å². The summed E-state index contributed by atoms with van der Waals surface area (Å²) in [7, 11) is 0. The van der Waals surface area contributed by atoms with Gasteiger partial charge in [-0.05, 0) is 47.0 Å². The molecule has 0 bridgehead atoms. The van der Waals surface area contributed by atoms with Gasteiger partial charge in [0.1, 0.15) is 17.0 Å². The van der Waals surface area contributed by atoms with Crippen LogP contribution in [-0.2, 0) is 14.3 Å². The average Bonchev–Trinajstić information content (AvgIpc) is 2.59. The van der Waals surface area contributed by atoms with Crippen LogP contribution in [0, 0.1) is 0 Å². The fourth-order valence-corrected chi connectivity index (χ4v) is 3.71. The van der Waals surface area contributed by atoms with E-state index >= 15 is 0 Å². The van der Waals surface area contributed by atoms with Crippen LogP contribution in [0.5, 0.6) is 0 Å². The van der Waals surface area contributed by atoms with Crippen LogP contribution >= 0.6 is 0 Å². The number of urea groups is 1. The van der Waals surface area contributed by atoms with Crippen LogP contribution in [0.25, 0.3) is 0 Å². The molecular formula is C20H33N5O5. The van der Waals surface area contributed by atoms with Crippen LogP contribution < -0.4 is 11.5 Å². The molecule has 2 saturated heterocycles. The van der Waals surface area contributed by atoms with Crippen molar-refractivity contribution in [2.75, 3.05) is 13.1 Å². The van der Waals surface area contributed by atoms with E-state index in [1.807, 2.05) is 13.8 Å². The zero-order valence-electron chi connectivity index (χ0n) is 18.4. The predicted octanol–water partition coefficient (Wildman–Crippen LogP) is 1.49. The van der Waals surface area contributed by atoms with Gasteiger partial charge in [0.15, 0.2) is 0 Å². The summed E-state index contributed by atoms with van der Waals surface area (Å²) in [6.07, 6.45) is 1.67. The molecule has 10 heteroatoms. The average molecular weight is 424 g/mol. The number of unbranched alkanes of at least 4 members (excludes halogenated alkanes) is 1. The largest absolute Gasteiger partial charge is 0.444 e. The number of barbiturate groups is 1. The van der Waals surface area contributed by atoms with Gasteiger partial charge in [-0.15, -0.1) is 0 Å². The highest BCUT2D eigenvalue weighted by Crippen LogP contribution is 2.29. The highest BCUT2D eigenvalue weighted by Gasteiger charge is 2.47. The predicted molar refractivity (Wildman–Crippen MR) is 110 cm³/mol. The standard InChI is InChI=1S/C20H33N5O5/c1-6-7-9-24-16(26)14(15(21)22)17(27)25(18(24)28)13-8-10-23(12(2)11-13)19(29)30-20(3,4)5/h12-13H,6-11,21-22H2,1-5H3/t12-,13-/m1/s1. The van der Waals surface area contributed by atoms with Crippen LogP contribution in [-0.4, -0.2) is 69.4 Å². The minimum atomic E-state index is -0.777. The number of rotatable bonds is 4. The van der Waals surface area contributed by atoms with Gasteiger partial charge in [0.2, 0.25) is 0 Å². The lowest BCUT2D eigenvalue weighted by atomic mass is 9.95. The summed E-state index contributed by atoms with van der Waals surface area (Å²) in [5.41, 5.74) is 10.2. The Balaban J connectivity index is 2.24. The quantitative estimate of drug-likeness (QED) is 0.516. The first-order chi connectivity index (χ1) is 13.9. The molecule has 4 N–H and O–H groups in total. The topological polar surface area (TPSA) is 139 Å². The van der Waals surface area contributed by atoms with E-state index in [1.54, 1.807) is 25.7 Å². The monoisotopic (exact) mass is 423 g/mol. The van der Waals surface area contributed by atoms with Gasteiger partial charge in [0, 0.05) is 25.2 Å². The maximum atomic E-state index is 13.0. The number of carbonyl (C=O) groups is 4. The highest BCUT2D eigenvalue weighted by molar-refractivity contribution is 6.29. The molecule has 2 fully saturated rings. The third-order valence-electron chi connectivity index (χ3n) is 5.19. The Morgan fingerprint density at radius 2 is 1.80 bits per heavy atom. The molecule has 0 spiro atoms. The second-order valence-corrected chi connectivity index (χ2v) is 8.80. The molecule has 2 atom stereocenters. The summed E-state index contributed by atoms with van der Waals surface area (Å²) >= 11 is 0. The number of imide groups is 2. The first kappa shape index (κ1) is 23.5. The maximum Gasteiger partial charge on any atom is 0.410 e. The minimum absolute atomic E-state index is 0.182.